The zero-order chi connectivity index (χ0) is 6.27. The van der Waals surface area contributed by atoms with Crippen LogP contribution in [-0.4, -0.2) is 29.6 Å². The molecule has 1 atom stereocenters. The summed E-state index contributed by atoms with van der Waals surface area (Å²) in [7, 11) is 2.15. The second-order valence-electron chi connectivity index (χ2n) is 2.82. The van der Waals surface area contributed by atoms with Crippen molar-refractivity contribution in [1.29, 1.82) is 0 Å². The Balaban J connectivity index is 2.15. The van der Waals surface area contributed by atoms with E-state index in [0.717, 1.165) is 0 Å². The summed E-state index contributed by atoms with van der Waals surface area (Å²) in [6.45, 7) is 1.26. The van der Waals surface area contributed by atoms with Crippen molar-refractivity contribution in [2.75, 3.05) is 13.6 Å². The quantitative estimate of drug-likeness (QED) is 0.472. The minimum atomic E-state index is 0.699. The van der Waals surface area contributed by atoms with E-state index in [1.54, 1.807) is 0 Å². The molecule has 0 aromatic carbocycles. The van der Waals surface area contributed by atoms with Crippen LogP contribution in [-0.2, 0) is 0 Å². The molecular weight excluding hydrogens is 112 g/mol. The van der Waals surface area contributed by atoms with Crippen LogP contribution < -0.4 is 0 Å². The van der Waals surface area contributed by atoms with Crippen LogP contribution >= 0.6 is 0 Å². The molecule has 1 saturated heterocycles. The minimum absolute atomic E-state index is 0.699. The van der Waals surface area contributed by atoms with Crippen LogP contribution in [0.5, 0.6) is 0 Å². The summed E-state index contributed by atoms with van der Waals surface area (Å²) in [5.74, 6) is 0. The van der Waals surface area contributed by atoms with Gasteiger partial charge in [0.2, 0.25) is 0 Å². The van der Waals surface area contributed by atoms with Crippen LogP contribution in [0, 0.1) is 0 Å². The number of hydrogen-bond donors (Lipinski definition) is 0. The molecule has 1 unspecified atom stereocenters. The van der Waals surface area contributed by atoms with E-state index in [-0.39, 0.29) is 0 Å². The summed E-state index contributed by atoms with van der Waals surface area (Å²) in [4.78, 5) is 4.69. The van der Waals surface area contributed by atoms with Gasteiger partial charge in [-0.05, 0) is 12.8 Å². The van der Waals surface area contributed by atoms with Crippen LogP contribution in [0.2, 0.25) is 0 Å². The first kappa shape index (κ1) is 5.15. The first-order valence-corrected chi connectivity index (χ1v) is 3.54. The van der Waals surface area contributed by atoms with Crippen molar-refractivity contribution in [3.8, 4) is 0 Å². The average Bonchev–Trinajstić information content (AvgIpc) is 2.35. The van der Waals surface area contributed by atoms with Crippen molar-refractivity contribution in [2.45, 2.75) is 19.0 Å². The standard InChI is InChI=1S/C7H12N2/c1-8-5-6-9-4-2-3-7(8)9/h5-7H,2-4H2,1H3. The van der Waals surface area contributed by atoms with Crippen LogP contribution in [0.25, 0.3) is 0 Å². The SMILES string of the molecule is CN1C=CN2CCCC12. The topological polar surface area (TPSA) is 6.48 Å². The Morgan fingerprint density at radius 3 is 3.11 bits per heavy atom. The molecule has 2 rings (SSSR count). The largest absolute Gasteiger partial charge is 0.359 e. The molecule has 0 aromatic rings. The van der Waals surface area contributed by atoms with Crippen LogP contribution in [0.1, 0.15) is 12.8 Å². The fourth-order valence-electron chi connectivity index (χ4n) is 1.67. The second-order valence-corrected chi connectivity index (χ2v) is 2.82. The molecule has 1 fully saturated rings. The van der Waals surface area contributed by atoms with Gasteiger partial charge in [0.25, 0.3) is 0 Å². The molecule has 2 heteroatoms. The average molecular weight is 124 g/mol. The zero-order valence-corrected chi connectivity index (χ0v) is 5.75. The number of fused-ring (bicyclic) bond motifs is 1. The first-order valence-electron chi connectivity index (χ1n) is 3.54. The third-order valence-corrected chi connectivity index (χ3v) is 2.22. The molecule has 0 aliphatic carbocycles. The number of rotatable bonds is 0. The van der Waals surface area contributed by atoms with Gasteiger partial charge in [-0.15, -0.1) is 0 Å². The molecule has 2 nitrogen and oxygen atoms in total. The smallest absolute Gasteiger partial charge is 0.100 e. The van der Waals surface area contributed by atoms with Gasteiger partial charge in [-0.25, -0.2) is 0 Å². The van der Waals surface area contributed by atoms with E-state index >= 15 is 0 Å². The van der Waals surface area contributed by atoms with Crippen molar-refractivity contribution < 1.29 is 0 Å². The molecule has 0 saturated carbocycles. The molecule has 50 valence electrons. The third kappa shape index (κ3) is 0.622. The normalized spacial score (nSPS) is 31.9. The Morgan fingerprint density at radius 1 is 1.44 bits per heavy atom. The summed E-state index contributed by atoms with van der Waals surface area (Å²) in [6, 6.07) is 0. The van der Waals surface area contributed by atoms with Gasteiger partial charge in [0.1, 0.15) is 6.17 Å². The monoisotopic (exact) mass is 124 g/mol. The molecule has 9 heavy (non-hydrogen) atoms. The van der Waals surface area contributed by atoms with Gasteiger partial charge in [0, 0.05) is 26.0 Å². The van der Waals surface area contributed by atoms with Gasteiger partial charge in [0.05, 0.1) is 0 Å². The number of nitrogens with zero attached hydrogens (tertiary/aromatic N) is 2. The first-order chi connectivity index (χ1) is 4.38. The highest BCUT2D eigenvalue weighted by atomic mass is 15.4. The summed E-state index contributed by atoms with van der Waals surface area (Å²) < 4.78 is 0. The molecule has 0 radical (unpaired) electrons. The third-order valence-electron chi connectivity index (χ3n) is 2.22. The van der Waals surface area contributed by atoms with E-state index in [1.807, 2.05) is 0 Å². The van der Waals surface area contributed by atoms with Crippen molar-refractivity contribution in [1.82, 2.24) is 9.80 Å². The highest BCUT2D eigenvalue weighted by Gasteiger charge is 2.27. The summed E-state index contributed by atoms with van der Waals surface area (Å²) in [5, 5.41) is 0. The molecule has 0 N–H and O–H groups in total. The predicted octanol–water partition coefficient (Wildman–Crippen LogP) is 0.825. The molecule has 0 amide bonds. The Bertz CT molecular complexity index is 142. The van der Waals surface area contributed by atoms with Gasteiger partial charge in [-0.3, -0.25) is 0 Å². The summed E-state index contributed by atoms with van der Waals surface area (Å²) in [5.41, 5.74) is 0. The lowest BCUT2D eigenvalue weighted by Gasteiger charge is -2.22. The van der Waals surface area contributed by atoms with Crippen LogP contribution in [0.4, 0.5) is 0 Å². The van der Waals surface area contributed by atoms with E-state index in [2.05, 4.69) is 29.2 Å². The summed E-state index contributed by atoms with van der Waals surface area (Å²) >= 11 is 0. The Kier molecular flexibility index (Phi) is 0.949. The van der Waals surface area contributed by atoms with E-state index in [0.29, 0.717) is 6.17 Å². The highest BCUT2D eigenvalue weighted by molar-refractivity contribution is 4.98. The fraction of sp³-hybridized carbons (Fsp3) is 0.714. The lowest BCUT2D eigenvalue weighted by atomic mass is 10.3. The van der Waals surface area contributed by atoms with E-state index < -0.39 is 0 Å². The van der Waals surface area contributed by atoms with Gasteiger partial charge in [-0.1, -0.05) is 0 Å². The Labute approximate surface area is 55.7 Å². The van der Waals surface area contributed by atoms with Gasteiger partial charge in [-0.2, -0.15) is 0 Å². The number of hydrogen-bond acceptors (Lipinski definition) is 2. The Hall–Kier alpha value is -0.660. The van der Waals surface area contributed by atoms with Crippen molar-refractivity contribution in [2.24, 2.45) is 0 Å². The lowest BCUT2D eigenvalue weighted by molar-refractivity contribution is 0.226. The van der Waals surface area contributed by atoms with E-state index in [1.165, 1.54) is 19.4 Å². The summed E-state index contributed by atoms with van der Waals surface area (Å²) in [6.07, 6.45) is 7.75. The molecule has 2 heterocycles. The van der Waals surface area contributed by atoms with Crippen molar-refractivity contribution in [3.05, 3.63) is 12.4 Å². The van der Waals surface area contributed by atoms with Crippen LogP contribution in [0.3, 0.4) is 0 Å². The van der Waals surface area contributed by atoms with E-state index in [4.69, 9.17) is 0 Å². The molecule has 2 aliphatic rings. The van der Waals surface area contributed by atoms with Crippen molar-refractivity contribution >= 4 is 0 Å². The molecule has 0 bridgehead atoms. The minimum Gasteiger partial charge on any atom is -0.359 e. The fourth-order valence-corrected chi connectivity index (χ4v) is 1.67. The van der Waals surface area contributed by atoms with E-state index in [9.17, 15) is 0 Å². The van der Waals surface area contributed by atoms with Crippen LogP contribution in [0.15, 0.2) is 12.4 Å². The zero-order valence-electron chi connectivity index (χ0n) is 5.75. The molecule has 2 aliphatic heterocycles. The molecular formula is C7H12N2. The molecule has 0 aromatic heterocycles. The van der Waals surface area contributed by atoms with Gasteiger partial charge in [0.15, 0.2) is 0 Å². The van der Waals surface area contributed by atoms with Gasteiger partial charge >= 0.3 is 0 Å². The molecule has 0 spiro atoms. The second kappa shape index (κ2) is 1.66. The highest BCUT2D eigenvalue weighted by Crippen LogP contribution is 2.24. The van der Waals surface area contributed by atoms with Gasteiger partial charge < -0.3 is 9.80 Å². The maximum atomic E-state index is 2.40. The maximum absolute atomic E-state index is 2.40. The lowest BCUT2D eigenvalue weighted by Crippen LogP contribution is -2.30. The predicted molar refractivity (Wildman–Crippen MR) is 36.6 cm³/mol. The van der Waals surface area contributed by atoms with Crippen molar-refractivity contribution in [3.63, 3.8) is 0 Å². The maximum Gasteiger partial charge on any atom is 0.100 e. The Morgan fingerprint density at radius 2 is 2.33 bits per heavy atom.